The number of carbonyl (C=O) groups excluding carboxylic acids is 2. The van der Waals surface area contributed by atoms with Crippen molar-refractivity contribution in [1.82, 2.24) is 5.32 Å². The van der Waals surface area contributed by atoms with E-state index in [2.05, 4.69) is 10.1 Å². The monoisotopic (exact) mass is 202 g/mol. The predicted molar refractivity (Wildman–Crippen MR) is 52.5 cm³/mol. The lowest BCUT2D eigenvalue weighted by Crippen LogP contribution is -2.31. The van der Waals surface area contributed by atoms with E-state index in [9.17, 15) is 9.59 Å². The van der Waals surface area contributed by atoms with Crippen LogP contribution in [0, 0.1) is 0 Å². The number of ether oxygens (including phenoxy) is 1. The second-order valence-corrected chi connectivity index (χ2v) is 3.10. The van der Waals surface area contributed by atoms with Gasteiger partial charge in [-0.2, -0.15) is 0 Å². The molecule has 82 valence electrons. The minimum absolute atomic E-state index is 0.00310. The molecule has 0 aliphatic rings. The highest BCUT2D eigenvalue weighted by atomic mass is 16.5. The van der Waals surface area contributed by atoms with E-state index in [-0.39, 0.29) is 18.5 Å². The number of esters is 1. The van der Waals surface area contributed by atoms with E-state index < -0.39 is 5.97 Å². The van der Waals surface area contributed by atoms with Crippen molar-refractivity contribution >= 4 is 11.9 Å². The van der Waals surface area contributed by atoms with Crippen LogP contribution in [0.3, 0.4) is 0 Å². The highest BCUT2D eigenvalue weighted by molar-refractivity contribution is 5.81. The zero-order valence-electron chi connectivity index (χ0n) is 8.71. The molecule has 5 nitrogen and oxygen atoms in total. The normalized spacial score (nSPS) is 11.9. The van der Waals surface area contributed by atoms with Crippen LogP contribution in [0.5, 0.6) is 0 Å². The standard InChI is InChI=1S/C9H18N2O3/c1-3-14-9(13)6-11-8(12)5-4-7(2)10/h7H,3-6,10H2,1-2H3,(H,11,12). The average molecular weight is 202 g/mol. The smallest absolute Gasteiger partial charge is 0.325 e. The van der Waals surface area contributed by atoms with Gasteiger partial charge in [-0.05, 0) is 20.3 Å². The van der Waals surface area contributed by atoms with E-state index in [1.54, 1.807) is 6.92 Å². The van der Waals surface area contributed by atoms with Gasteiger partial charge in [-0.3, -0.25) is 9.59 Å². The van der Waals surface area contributed by atoms with E-state index in [4.69, 9.17) is 5.73 Å². The molecule has 1 atom stereocenters. The SMILES string of the molecule is CCOC(=O)CNC(=O)CCC(C)N. The summed E-state index contributed by atoms with van der Waals surface area (Å²) < 4.78 is 4.64. The van der Waals surface area contributed by atoms with Crippen LogP contribution in [0.1, 0.15) is 26.7 Å². The number of carbonyl (C=O) groups is 2. The molecule has 0 saturated heterocycles. The second kappa shape index (κ2) is 7.32. The van der Waals surface area contributed by atoms with Crippen LogP contribution in [-0.2, 0) is 14.3 Å². The highest BCUT2D eigenvalue weighted by Gasteiger charge is 2.06. The largest absolute Gasteiger partial charge is 0.465 e. The molecule has 0 fully saturated rings. The molecule has 3 N–H and O–H groups in total. The Kier molecular flexibility index (Phi) is 6.74. The predicted octanol–water partition coefficient (Wildman–Crippen LogP) is -0.207. The molecule has 0 aromatic rings. The number of rotatable bonds is 6. The third kappa shape index (κ3) is 7.54. The third-order valence-electron chi connectivity index (χ3n) is 1.56. The van der Waals surface area contributed by atoms with Crippen molar-refractivity contribution in [3.05, 3.63) is 0 Å². The fourth-order valence-corrected chi connectivity index (χ4v) is 0.830. The first-order chi connectivity index (χ1) is 6.56. The lowest BCUT2D eigenvalue weighted by molar-refractivity contribution is -0.143. The first kappa shape index (κ1) is 12.9. The van der Waals surface area contributed by atoms with E-state index in [1.165, 1.54) is 0 Å². The van der Waals surface area contributed by atoms with E-state index >= 15 is 0 Å². The minimum Gasteiger partial charge on any atom is -0.465 e. The molecule has 0 aromatic carbocycles. The molecule has 0 saturated carbocycles. The molecule has 0 spiro atoms. The van der Waals surface area contributed by atoms with Gasteiger partial charge in [-0.25, -0.2) is 0 Å². The quantitative estimate of drug-likeness (QED) is 0.584. The number of amides is 1. The summed E-state index contributed by atoms with van der Waals surface area (Å²) >= 11 is 0. The maximum Gasteiger partial charge on any atom is 0.325 e. The summed E-state index contributed by atoms with van der Waals surface area (Å²) in [6, 6.07) is 0.00310. The molecule has 0 aromatic heterocycles. The van der Waals surface area contributed by atoms with Gasteiger partial charge in [-0.15, -0.1) is 0 Å². The molecule has 14 heavy (non-hydrogen) atoms. The number of hydrogen-bond donors (Lipinski definition) is 2. The Bertz CT molecular complexity index is 192. The van der Waals surface area contributed by atoms with Crippen molar-refractivity contribution in [3.63, 3.8) is 0 Å². The van der Waals surface area contributed by atoms with Gasteiger partial charge in [0, 0.05) is 12.5 Å². The lowest BCUT2D eigenvalue weighted by atomic mass is 10.2. The molecular formula is C9H18N2O3. The Balaban J connectivity index is 3.48. The van der Waals surface area contributed by atoms with Gasteiger partial charge in [0.25, 0.3) is 0 Å². The summed E-state index contributed by atoms with van der Waals surface area (Å²) in [7, 11) is 0. The van der Waals surface area contributed by atoms with Crippen molar-refractivity contribution in [3.8, 4) is 0 Å². The topological polar surface area (TPSA) is 81.4 Å². The van der Waals surface area contributed by atoms with Gasteiger partial charge in [-0.1, -0.05) is 0 Å². The molecule has 0 rings (SSSR count). The van der Waals surface area contributed by atoms with Crippen LogP contribution in [0.15, 0.2) is 0 Å². The molecule has 0 heterocycles. The molecule has 5 heteroatoms. The minimum atomic E-state index is -0.415. The molecule has 0 bridgehead atoms. The summed E-state index contributed by atoms with van der Waals surface area (Å²) in [5.74, 6) is -0.586. The van der Waals surface area contributed by atoms with E-state index in [0.29, 0.717) is 19.4 Å². The summed E-state index contributed by atoms with van der Waals surface area (Å²) in [5, 5.41) is 2.45. The van der Waals surface area contributed by atoms with Crippen LogP contribution in [0.4, 0.5) is 0 Å². The van der Waals surface area contributed by atoms with Crippen molar-refractivity contribution < 1.29 is 14.3 Å². The van der Waals surface area contributed by atoms with Gasteiger partial charge in [0.1, 0.15) is 6.54 Å². The summed E-state index contributed by atoms with van der Waals surface area (Å²) in [6.45, 7) is 3.81. The molecule has 1 amide bonds. The zero-order chi connectivity index (χ0) is 11.0. The van der Waals surface area contributed by atoms with Crippen LogP contribution < -0.4 is 11.1 Å². The van der Waals surface area contributed by atoms with E-state index in [1.807, 2.05) is 6.92 Å². The van der Waals surface area contributed by atoms with Gasteiger partial charge >= 0.3 is 5.97 Å². The summed E-state index contributed by atoms with van der Waals surface area (Å²) in [5.41, 5.74) is 5.47. The fourth-order valence-electron chi connectivity index (χ4n) is 0.830. The molecule has 0 aliphatic carbocycles. The van der Waals surface area contributed by atoms with Crippen LogP contribution in [0.25, 0.3) is 0 Å². The Morgan fingerprint density at radius 3 is 2.64 bits per heavy atom. The Hall–Kier alpha value is -1.10. The van der Waals surface area contributed by atoms with Crippen LogP contribution >= 0.6 is 0 Å². The Morgan fingerprint density at radius 2 is 2.14 bits per heavy atom. The Morgan fingerprint density at radius 1 is 1.50 bits per heavy atom. The van der Waals surface area contributed by atoms with E-state index in [0.717, 1.165) is 0 Å². The zero-order valence-corrected chi connectivity index (χ0v) is 8.71. The molecule has 1 unspecified atom stereocenters. The molecular weight excluding hydrogens is 184 g/mol. The fraction of sp³-hybridized carbons (Fsp3) is 0.778. The van der Waals surface area contributed by atoms with Crippen LogP contribution in [-0.4, -0.2) is 31.1 Å². The van der Waals surface area contributed by atoms with Gasteiger partial charge in [0.05, 0.1) is 6.61 Å². The average Bonchev–Trinajstić information content (AvgIpc) is 2.12. The first-order valence-electron chi connectivity index (χ1n) is 4.74. The molecule has 0 aliphatic heterocycles. The van der Waals surface area contributed by atoms with Crippen molar-refractivity contribution in [2.45, 2.75) is 32.7 Å². The van der Waals surface area contributed by atoms with Crippen molar-refractivity contribution in [2.24, 2.45) is 5.73 Å². The van der Waals surface area contributed by atoms with Gasteiger partial charge in [0.15, 0.2) is 0 Å². The third-order valence-corrected chi connectivity index (χ3v) is 1.56. The van der Waals surface area contributed by atoms with Gasteiger partial charge in [0.2, 0.25) is 5.91 Å². The van der Waals surface area contributed by atoms with Crippen molar-refractivity contribution in [2.75, 3.05) is 13.2 Å². The molecule has 0 radical (unpaired) electrons. The summed E-state index contributed by atoms with van der Waals surface area (Å²) in [6.07, 6.45) is 0.964. The summed E-state index contributed by atoms with van der Waals surface area (Å²) in [4.78, 5) is 21.9. The maximum atomic E-state index is 11.1. The maximum absolute atomic E-state index is 11.1. The number of nitrogens with two attached hydrogens (primary N) is 1. The van der Waals surface area contributed by atoms with Crippen LogP contribution in [0.2, 0.25) is 0 Å². The van der Waals surface area contributed by atoms with Crippen molar-refractivity contribution in [1.29, 1.82) is 0 Å². The highest BCUT2D eigenvalue weighted by Crippen LogP contribution is 1.92. The van der Waals surface area contributed by atoms with Gasteiger partial charge < -0.3 is 15.8 Å². The first-order valence-corrected chi connectivity index (χ1v) is 4.74. The lowest BCUT2D eigenvalue weighted by Gasteiger charge is -2.06. The number of hydrogen-bond acceptors (Lipinski definition) is 4. The Labute approximate surface area is 84.0 Å². The second-order valence-electron chi connectivity index (χ2n) is 3.10. The number of nitrogens with one attached hydrogen (secondary N) is 1.